The fraction of sp³-hybridized carbons (Fsp3) is 0.273. The molecule has 86 valence electrons. The zero-order valence-electron chi connectivity index (χ0n) is 9.74. The smallest absolute Gasteiger partial charge is 0.223 e. The van der Waals surface area contributed by atoms with Crippen molar-refractivity contribution in [2.45, 2.75) is 0 Å². The molecular formula is C11H17N4S+. The van der Waals surface area contributed by atoms with Crippen molar-refractivity contribution in [2.24, 2.45) is 0 Å². The van der Waals surface area contributed by atoms with Gasteiger partial charge in [0.2, 0.25) is 5.11 Å². The maximum atomic E-state index is 4.91. The van der Waals surface area contributed by atoms with Gasteiger partial charge in [-0.05, 0) is 36.5 Å². The zero-order valence-corrected chi connectivity index (χ0v) is 10.6. The summed E-state index contributed by atoms with van der Waals surface area (Å²) in [5.41, 5.74) is 5.08. The second-order valence-corrected chi connectivity index (χ2v) is 3.89. The van der Waals surface area contributed by atoms with E-state index < -0.39 is 0 Å². The first kappa shape index (κ1) is 12.4. The van der Waals surface area contributed by atoms with Gasteiger partial charge in [0.1, 0.15) is 0 Å². The number of hydrogen-bond donors (Lipinski definition) is 3. The average Bonchev–Trinajstić information content (AvgIpc) is 2.29. The number of thiocarbonyl (C=S) groups is 1. The molecule has 1 aromatic carbocycles. The molecule has 0 bridgehead atoms. The lowest BCUT2D eigenvalue weighted by Crippen LogP contribution is -2.82. The van der Waals surface area contributed by atoms with Crippen LogP contribution in [-0.4, -0.2) is 32.5 Å². The van der Waals surface area contributed by atoms with Crippen molar-refractivity contribution in [2.75, 3.05) is 26.0 Å². The number of rotatable bonds is 3. The van der Waals surface area contributed by atoms with Gasteiger partial charge in [0.25, 0.3) is 0 Å². The fourth-order valence-electron chi connectivity index (χ4n) is 1.12. The second kappa shape index (κ2) is 6.07. The minimum absolute atomic E-state index is 0.557. The summed E-state index contributed by atoms with van der Waals surface area (Å²) in [4.78, 5) is 2.06. The van der Waals surface area contributed by atoms with Crippen molar-refractivity contribution in [3.63, 3.8) is 0 Å². The molecule has 0 saturated carbocycles. The van der Waals surface area contributed by atoms with E-state index in [1.165, 1.54) is 5.69 Å². The van der Waals surface area contributed by atoms with Crippen LogP contribution < -0.4 is 20.7 Å². The third kappa shape index (κ3) is 3.86. The van der Waals surface area contributed by atoms with Gasteiger partial charge < -0.3 is 10.2 Å². The van der Waals surface area contributed by atoms with E-state index in [0.29, 0.717) is 5.11 Å². The van der Waals surface area contributed by atoms with Gasteiger partial charge in [-0.15, -0.1) is 10.5 Å². The molecule has 0 radical (unpaired) electrons. The van der Waals surface area contributed by atoms with Gasteiger partial charge in [0, 0.05) is 32.4 Å². The largest absolute Gasteiger partial charge is 0.378 e. The van der Waals surface area contributed by atoms with E-state index in [4.69, 9.17) is 12.2 Å². The Morgan fingerprint density at radius 2 is 1.94 bits per heavy atom. The summed E-state index contributed by atoms with van der Waals surface area (Å²) in [5.74, 6) is 0. The highest BCUT2D eigenvalue weighted by molar-refractivity contribution is 7.80. The molecule has 0 aliphatic rings. The van der Waals surface area contributed by atoms with Crippen LogP contribution in [0.3, 0.4) is 0 Å². The molecule has 0 aromatic heterocycles. The molecule has 0 aliphatic carbocycles. The molecule has 3 N–H and O–H groups in total. The maximum Gasteiger partial charge on any atom is 0.223 e. The van der Waals surface area contributed by atoms with E-state index in [1.807, 2.05) is 32.4 Å². The van der Waals surface area contributed by atoms with Gasteiger partial charge in [-0.25, -0.2) is 0 Å². The number of nitrogens with one attached hydrogen (secondary N) is 3. The lowest BCUT2D eigenvalue weighted by atomic mass is 10.2. The summed E-state index contributed by atoms with van der Waals surface area (Å²) >= 11 is 4.91. The molecule has 0 saturated heterocycles. The molecule has 0 amide bonds. The topological polar surface area (TPSA) is 41.3 Å². The van der Waals surface area contributed by atoms with Gasteiger partial charge >= 0.3 is 0 Å². The molecule has 0 aliphatic heterocycles. The third-order valence-corrected chi connectivity index (χ3v) is 2.37. The lowest BCUT2D eigenvalue weighted by Gasteiger charge is -2.11. The Balaban J connectivity index is 2.58. The zero-order chi connectivity index (χ0) is 12.0. The number of benzene rings is 1. The maximum absolute atomic E-state index is 4.91. The predicted octanol–water partition coefficient (Wildman–Crippen LogP) is -0.739. The molecule has 0 heterocycles. The van der Waals surface area contributed by atoms with E-state index >= 15 is 0 Å². The highest BCUT2D eigenvalue weighted by atomic mass is 32.1. The average molecular weight is 237 g/mol. The summed E-state index contributed by atoms with van der Waals surface area (Å²) in [6.07, 6.45) is 1.85. The van der Waals surface area contributed by atoms with Gasteiger partial charge in [-0.3, -0.25) is 0 Å². The normalized spacial score (nSPS) is 10.2. The molecule has 0 fully saturated rings. The Bertz CT molecular complexity index is 370. The van der Waals surface area contributed by atoms with Gasteiger partial charge in [-0.1, -0.05) is 0 Å². The Kier molecular flexibility index (Phi) is 4.72. The minimum Gasteiger partial charge on any atom is -0.378 e. The molecule has 1 aromatic rings. The van der Waals surface area contributed by atoms with Crippen LogP contribution in [0, 0.1) is 0 Å². The lowest BCUT2D eigenvalue weighted by molar-refractivity contribution is -0.500. The van der Waals surface area contributed by atoms with Crippen molar-refractivity contribution in [3.05, 3.63) is 29.8 Å². The summed E-state index contributed by atoms with van der Waals surface area (Å²) in [6.45, 7) is 0. The van der Waals surface area contributed by atoms with Crippen LogP contribution in [0.25, 0.3) is 0 Å². The van der Waals surface area contributed by atoms with Crippen LogP contribution in [0.15, 0.2) is 24.3 Å². The number of nitrogens with zero attached hydrogens (tertiary/aromatic N) is 1. The Hall–Kier alpha value is -1.62. The van der Waals surface area contributed by atoms with Crippen LogP contribution in [-0.2, 0) is 0 Å². The molecule has 4 nitrogen and oxygen atoms in total. The first-order chi connectivity index (χ1) is 7.63. The quantitative estimate of drug-likeness (QED) is 0.368. The first-order valence-electron chi connectivity index (χ1n) is 4.97. The van der Waals surface area contributed by atoms with Crippen molar-refractivity contribution in [1.82, 2.24) is 10.7 Å². The fourth-order valence-corrected chi connectivity index (χ4v) is 1.18. The standard InChI is InChI=1S/C11H16N4S/c1-12-11(16)14-13-8-9-4-6-10(7-5-9)15(2)3/h4-8H,1-3H3,(H2,12,14,16)/p+1. The predicted molar refractivity (Wildman–Crippen MR) is 71.7 cm³/mol. The van der Waals surface area contributed by atoms with Gasteiger partial charge in [0.05, 0.1) is 0 Å². The van der Waals surface area contributed by atoms with Crippen molar-refractivity contribution in [3.8, 4) is 0 Å². The van der Waals surface area contributed by atoms with E-state index in [2.05, 4.69) is 32.9 Å². The summed E-state index contributed by atoms with van der Waals surface area (Å²) in [5, 5.41) is 6.27. The number of hydrazine groups is 1. The minimum atomic E-state index is 0.557. The summed E-state index contributed by atoms with van der Waals surface area (Å²) in [7, 11) is 5.80. The van der Waals surface area contributed by atoms with Crippen LogP contribution in [0.5, 0.6) is 0 Å². The number of hydrazone groups is 1. The third-order valence-electron chi connectivity index (χ3n) is 2.06. The Labute approximate surface area is 101 Å². The highest BCUT2D eigenvalue weighted by Gasteiger charge is 1.96. The van der Waals surface area contributed by atoms with Gasteiger partial charge in [-0.2, -0.15) is 0 Å². The van der Waals surface area contributed by atoms with Crippen molar-refractivity contribution < 1.29 is 5.10 Å². The first-order valence-corrected chi connectivity index (χ1v) is 5.38. The number of anilines is 1. The van der Waals surface area contributed by atoms with Crippen molar-refractivity contribution in [1.29, 1.82) is 0 Å². The van der Waals surface area contributed by atoms with Crippen LogP contribution in [0.2, 0.25) is 0 Å². The molecular weight excluding hydrogens is 220 g/mol. The molecule has 0 atom stereocenters. The van der Waals surface area contributed by atoms with E-state index in [1.54, 1.807) is 7.05 Å². The van der Waals surface area contributed by atoms with Crippen molar-refractivity contribution >= 4 is 29.2 Å². The molecule has 1 rings (SSSR count). The summed E-state index contributed by atoms with van der Waals surface area (Å²) < 4.78 is 0. The van der Waals surface area contributed by atoms with Crippen LogP contribution >= 0.6 is 12.2 Å². The van der Waals surface area contributed by atoms with Crippen LogP contribution in [0.4, 0.5) is 5.69 Å². The molecule has 5 heteroatoms. The molecule has 16 heavy (non-hydrogen) atoms. The SMILES string of the molecule is CNC(=S)N[NH+]=Cc1ccc(N(C)C)cc1. The molecule has 0 spiro atoms. The Morgan fingerprint density at radius 1 is 1.31 bits per heavy atom. The van der Waals surface area contributed by atoms with Crippen LogP contribution in [0.1, 0.15) is 5.56 Å². The number of hydrogen-bond acceptors (Lipinski definition) is 2. The monoisotopic (exact) mass is 237 g/mol. The van der Waals surface area contributed by atoms with Gasteiger partial charge in [0.15, 0.2) is 6.21 Å². The molecule has 0 unspecified atom stereocenters. The van der Waals surface area contributed by atoms with E-state index in [0.717, 1.165) is 5.56 Å². The second-order valence-electron chi connectivity index (χ2n) is 3.48. The van der Waals surface area contributed by atoms with E-state index in [9.17, 15) is 0 Å². The highest BCUT2D eigenvalue weighted by Crippen LogP contribution is 2.10. The Morgan fingerprint density at radius 3 is 2.44 bits per heavy atom. The summed E-state index contributed by atoms with van der Waals surface area (Å²) in [6, 6.07) is 8.19. The van der Waals surface area contributed by atoms with E-state index in [-0.39, 0.29) is 0 Å².